The first-order valence-corrected chi connectivity index (χ1v) is 8.37. The van der Waals surface area contributed by atoms with Crippen molar-refractivity contribution >= 4 is 34.8 Å². The van der Waals surface area contributed by atoms with Crippen LogP contribution in [0.25, 0.3) is 0 Å². The first-order chi connectivity index (χ1) is 9.68. The Kier molecular flexibility index (Phi) is 6.92. The van der Waals surface area contributed by atoms with Crippen molar-refractivity contribution in [2.45, 2.75) is 32.2 Å². The van der Waals surface area contributed by atoms with E-state index in [0.717, 1.165) is 18.5 Å². The Balaban J connectivity index is 1.69. The smallest absolute Gasteiger partial charge is 0.0652 e. The summed E-state index contributed by atoms with van der Waals surface area (Å²) in [4.78, 5) is 2.55. The summed E-state index contributed by atoms with van der Waals surface area (Å²) in [5.74, 6) is 0. The monoisotopic (exact) mass is 334 g/mol. The van der Waals surface area contributed by atoms with Gasteiger partial charge < -0.3 is 10.2 Å². The Morgan fingerprint density at radius 2 is 1.70 bits per heavy atom. The van der Waals surface area contributed by atoms with Gasteiger partial charge in [0.15, 0.2) is 0 Å². The normalized spacial score (nSPS) is 16.6. The number of benzene rings is 1. The van der Waals surface area contributed by atoms with Gasteiger partial charge in [0, 0.05) is 17.1 Å². The molecule has 0 aromatic heterocycles. The molecule has 1 aliphatic heterocycles. The lowest BCUT2D eigenvalue weighted by Crippen LogP contribution is -2.32. The quantitative estimate of drug-likeness (QED) is 0.603. The van der Waals surface area contributed by atoms with E-state index in [2.05, 4.69) is 10.2 Å². The average Bonchev–Trinajstić information content (AvgIpc) is 2.47. The zero-order valence-electron chi connectivity index (χ0n) is 11.6. The van der Waals surface area contributed by atoms with Crippen LogP contribution in [-0.2, 0) is 6.54 Å². The number of piperidine rings is 1. The fourth-order valence-electron chi connectivity index (χ4n) is 2.56. The van der Waals surface area contributed by atoms with Crippen LogP contribution >= 0.6 is 34.8 Å². The Labute approximate surface area is 136 Å². The van der Waals surface area contributed by atoms with Crippen LogP contribution < -0.4 is 5.32 Å². The van der Waals surface area contributed by atoms with Crippen LogP contribution in [0.4, 0.5) is 0 Å². The second-order valence-electron chi connectivity index (χ2n) is 5.25. The van der Waals surface area contributed by atoms with Crippen molar-refractivity contribution in [1.29, 1.82) is 0 Å². The van der Waals surface area contributed by atoms with E-state index >= 15 is 0 Å². The minimum absolute atomic E-state index is 0.557. The zero-order valence-corrected chi connectivity index (χ0v) is 13.9. The Bertz CT molecular complexity index is 431. The maximum absolute atomic E-state index is 6.17. The van der Waals surface area contributed by atoms with Gasteiger partial charge in [-0.05, 0) is 57.6 Å². The molecule has 0 saturated carbocycles. The van der Waals surface area contributed by atoms with Crippen LogP contribution in [0.5, 0.6) is 0 Å². The highest BCUT2D eigenvalue weighted by molar-refractivity contribution is 6.44. The number of nitrogens with zero attached hydrogens (tertiary/aromatic N) is 1. The standard InChI is InChI=1S/C15H21Cl3N2/c16-13-5-6-14(17)15(18)12(13)11-19-7-4-10-20-8-2-1-3-9-20/h5-6,19H,1-4,7-11H2. The number of hydrogen-bond acceptors (Lipinski definition) is 2. The molecule has 1 fully saturated rings. The van der Waals surface area contributed by atoms with Crippen molar-refractivity contribution in [2.24, 2.45) is 0 Å². The third kappa shape index (κ3) is 4.78. The number of likely N-dealkylation sites (tertiary alicyclic amines) is 1. The highest BCUT2D eigenvalue weighted by Crippen LogP contribution is 2.31. The molecule has 2 nitrogen and oxygen atoms in total. The van der Waals surface area contributed by atoms with Gasteiger partial charge >= 0.3 is 0 Å². The summed E-state index contributed by atoms with van der Waals surface area (Å²) in [5, 5.41) is 5.18. The number of nitrogens with one attached hydrogen (secondary N) is 1. The topological polar surface area (TPSA) is 15.3 Å². The van der Waals surface area contributed by atoms with Crippen molar-refractivity contribution in [3.63, 3.8) is 0 Å². The van der Waals surface area contributed by atoms with Crippen LogP contribution in [0.1, 0.15) is 31.2 Å². The lowest BCUT2D eigenvalue weighted by Gasteiger charge is -2.26. The first-order valence-electron chi connectivity index (χ1n) is 7.24. The summed E-state index contributed by atoms with van der Waals surface area (Å²) in [6.45, 7) is 5.32. The molecule has 0 radical (unpaired) electrons. The summed E-state index contributed by atoms with van der Waals surface area (Å²) in [7, 11) is 0. The van der Waals surface area contributed by atoms with Gasteiger partial charge in [-0.15, -0.1) is 0 Å². The summed E-state index contributed by atoms with van der Waals surface area (Å²) in [6.07, 6.45) is 5.23. The summed E-state index contributed by atoms with van der Waals surface area (Å²) < 4.78 is 0. The zero-order chi connectivity index (χ0) is 14.4. The minimum atomic E-state index is 0.557. The summed E-state index contributed by atoms with van der Waals surface area (Å²) in [6, 6.07) is 3.52. The van der Waals surface area contributed by atoms with E-state index in [1.54, 1.807) is 12.1 Å². The van der Waals surface area contributed by atoms with Crippen LogP contribution in [0.2, 0.25) is 15.1 Å². The van der Waals surface area contributed by atoms with Gasteiger partial charge in [-0.25, -0.2) is 0 Å². The van der Waals surface area contributed by atoms with E-state index in [0.29, 0.717) is 21.6 Å². The van der Waals surface area contributed by atoms with Gasteiger partial charge in [0.25, 0.3) is 0 Å². The molecular weight excluding hydrogens is 315 g/mol. The summed E-state index contributed by atoms with van der Waals surface area (Å²) in [5.41, 5.74) is 0.888. The molecule has 1 saturated heterocycles. The van der Waals surface area contributed by atoms with E-state index in [4.69, 9.17) is 34.8 Å². The van der Waals surface area contributed by atoms with Crippen LogP contribution in [0.3, 0.4) is 0 Å². The van der Waals surface area contributed by atoms with E-state index < -0.39 is 0 Å². The molecular formula is C15H21Cl3N2. The highest BCUT2D eigenvalue weighted by atomic mass is 35.5. The molecule has 5 heteroatoms. The average molecular weight is 336 g/mol. The fourth-order valence-corrected chi connectivity index (χ4v) is 3.24. The summed E-state index contributed by atoms with van der Waals surface area (Å²) >= 11 is 18.3. The molecule has 1 heterocycles. The third-order valence-electron chi connectivity index (χ3n) is 3.72. The van der Waals surface area contributed by atoms with E-state index in [1.165, 1.54) is 38.9 Å². The van der Waals surface area contributed by atoms with Gasteiger partial charge in [-0.2, -0.15) is 0 Å². The molecule has 20 heavy (non-hydrogen) atoms. The van der Waals surface area contributed by atoms with Crippen molar-refractivity contribution in [1.82, 2.24) is 10.2 Å². The molecule has 0 spiro atoms. The van der Waals surface area contributed by atoms with E-state index in [9.17, 15) is 0 Å². The molecule has 112 valence electrons. The maximum atomic E-state index is 6.17. The first kappa shape index (κ1) is 16.4. The van der Waals surface area contributed by atoms with Gasteiger partial charge in [0.1, 0.15) is 0 Å². The van der Waals surface area contributed by atoms with E-state index in [1.807, 2.05) is 0 Å². The SMILES string of the molecule is Clc1ccc(Cl)c(CNCCCN2CCCCC2)c1Cl. The fraction of sp³-hybridized carbons (Fsp3) is 0.600. The molecule has 1 aromatic carbocycles. The second-order valence-corrected chi connectivity index (χ2v) is 6.45. The predicted octanol–water partition coefficient (Wildman–Crippen LogP) is 4.61. The Morgan fingerprint density at radius 1 is 1.00 bits per heavy atom. The van der Waals surface area contributed by atoms with E-state index in [-0.39, 0.29) is 0 Å². The number of hydrogen-bond donors (Lipinski definition) is 1. The molecule has 1 aromatic rings. The Morgan fingerprint density at radius 3 is 2.45 bits per heavy atom. The van der Waals surface area contributed by atoms with Crippen molar-refractivity contribution in [2.75, 3.05) is 26.2 Å². The largest absolute Gasteiger partial charge is 0.313 e. The Hall–Kier alpha value is 0.01000. The molecule has 1 N–H and O–H groups in total. The van der Waals surface area contributed by atoms with Crippen LogP contribution in [-0.4, -0.2) is 31.1 Å². The lowest BCUT2D eigenvalue weighted by molar-refractivity contribution is 0.225. The molecule has 2 rings (SSSR count). The lowest BCUT2D eigenvalue weighted by atomic mass is 10.1. The molecule has 0 bridgehead atoms. The molecule has 0 amide bonds. The molecule has 0 unspecified atom stereocenters. The number of rotatable bonds is 6. The van der Waals surface area contributed by atoms with Crippen LogP contribution in [0.15, 0.2) is 12.1 Å². The predicted molar refractivity (Wildman–Crippen MR) is 88.1 cm³/mol. The minimum Gasteiger partial charge on any atom is -0.313 e. The second kappa shape index (κ2) is 8.45. The maximum Gasteiger partial charge on any atom is 0.0652 e. The van der Waals surface area contributed by atoms with Gasteiger partial charge in [0.2, 0.25) is 0 Å². The van der Waals surface area contributed by atoms with Gasteiger partial charge in [-0.1, -0.05) is 41.2 Å². The molecule has 0 aliphatic carbocycles. The molecule has 1 aliphatic rings. The van der Waals surface area contributed by atoms with Gasteiger partial charge in [0.05, 0.1) is 10.0 Å². The van der Waals surface area contributed by atoms with Crippen molar-refractivity contribution in [3.8, 4) is 0 Å². The van der Waals surface area contributed by atoms with Crippen molar-refractivity contribution < 1.29 is 0 Å². The number of halogens is 3. The highest BCUT2D eigenvalue weighted by Gasteiger charge is 2.10. The van der Waals surface area contributed by atoms with Crippen LogP contribution in [0, 0.1) is 0 Å². The van der Waals surface area contributed by atoms with Gasteiger partial charge in [-0.3, -0.25) is 0 Å². The molecule has 0 atom stereocenters. The van der Waals surface area contributed by atoms with Crippen molar-refractivity contribution in [3.05, 3.63) is 32.8 Å². The third-order valence-corrected chi connectivity index (χ3v) is 4.91.